The lowest BCUT2D eigenvalue weighted by Crippen LogP contribution is -1.90. The molecule has 0 aliphatic carbocycles. The van der Waals surface area contributed by atoms with Crippen molar-refractivity contribution in [1.29, 1.82) is 0 Å². The molecule has 16 heavy (non-hydrogen) atoms. The van der Waals surface area contributed by atoms with Crippen molar-refractivity contribution in [1.82, 2.24) is 0 Å². The van der Waals surface area contributed by atoms with Crippen molar-refractivity contribution in [3.8, 4) is 0 Å². The number of aliphatic hydroxyl groups excluding tert-OH is 1. The number of benzene rings is 1. The van der Waals surface area contributed by atoms with Crippen molar-refractivity contribution in [2.24, 2.45) is 0 Å². The Morgan fingerprint density at radius 3 is 1.75 bits per heavy atom. The second-order valence-corrected chi connectivity index (χ2v) is 3.00. The molecule has 0 aromatic heterocycles. The minimum Gasteiger partial charge on any atom is -0.400 e. The first-order valence-corrected chi connectivity index (χ1v) is 5.30. The summed E-state index contributed by atoms with van der Waals surface area (Å²) >= 11 is 0. The van der Waals surface area contributed by atoms with E-state index in [9.17, 15) is 10.1 Å². The summed E-state index contributed by atoms with van der Waals surface area (Å²) in [5.74, 6) is 0.422. The molecule has 0 aliphatic rings. The topological polar surface area (TPSA) is 63.4 Å². The van der Waals surface area contributed by atoms with Crippen LogP contribution in [-0.2, 0) is 0 Å². The molecule has 0 fully saturated rings. The van der Waals surface area contributed by atoms with Gasteiger partial charge in [0.25, 0.3) is 5.69 Å². The highest BCUT2D eigenvalue weighted by Gasteiger charge is 2.04. The maximum absolute atomic E-state index is 10.3. The van der Waals surface area contributed by atoms with E-state index in [-0.39, 0.29) is 10.6 Å². The van der Waals surface area contributed by atoms with Gasteiger partial charge in [-0.1, -0.05) is 39.8 Å². The Morgan fingerprint density at radius 1 is 1.12 bits per heavy atom. The molecule has 0 atom stereocenters. The number of nitro groups is 1. The van der Waals surface area contributed by atoms with Gasteiger partial charge in [0.05, 0.1) is 4.92 Å². The fourth-order valence-corrected chi connectivity index (χ4v) is 0.981. The summed E-state index contributed by atoms with van der Waals surface area (Å²) in [5, 5.41) is 17.3. The van der Waals surface area contributed by atoms with Gasteiger partial charge in [-0.15, -0.1) is 0 Å². The molecule has 92 valence electrons. The van der Waals surface area contributed by atoms with E-state index in [0.29, 0.717) is 5.92 Å². The van der Waals surface area contributed by atoms with E-state index in [1.807, 2.05) is 13.8 Å². The van der Waals surface area contributed by atoms with Gasteiger partial charge in [-0.25, -0.2) is 0 Å². The molecule has 0 aliphatic heterocycles. The van der Waals surface area contributed by atoms with Crippen molar-refractivity contribution in [2.75, 3.05) is 7.11 Å². The molecular formula is C12H21NO3. The number of hydrogen-bond acceptors (Lipinski definition) is 3. The summed E-state index contributed by atoms with van der Waals surface area (Å²) < 4.78 is 0. The van der Waals surface area contributed by atoms with Crippen molar-refractivity contribution in [2.45, 2.75) is 33.6 Å². The van der Waals surface area contributed by atoms with E-state index in [1.165, 1.54) is 12.1 Å². The molecular weight excluding hydrogens is 206 g/mol. The fraction of sp³-hybridized carbons (Fsp3) is 0.500. The van der Waals surface area contributed by atoms with E-state index in [2.05, 4.69) is 13.8 Å². The van der Waals surface area contributed by atoms with Crippen molar-refractivity contribution >= 4 is 5.69 Å². The summed E-state index contributed by atoms with van der Waals surface area (Å²) in [6.07, 6.45) is 0. The van der Waals surface area contributed by atoms with Gasteiger partial charge in [0.15, 0.2) is 0 Å². The van der Waals surface area contributed by atoms with Crippen molar-refractivity contribution < 1.29 is 10.0 Å². The molecule has 1 N–H and O–H groups in total. The van der Waals surface area contributed by atoms with Crippen LogP contribution in [-0.4, -0.2) is 17.1 Å². The Kier molecular flexibility index (Phi) is 10.7. The zero-order valence-electron chi connectivity index (χ0n) is 10.6. The summed E-state index contributed by atoms with van der Waals surface area (Å²) in [6.45, 7) is 8.11. The smallest absolute Gasteiger partial charge is 0.269 e. The van der Waals surface area contributed by atoms with Gasteiger partial charge in [-0.05, 0) is 11.5 Å². The molecule has 0 saturated carbocycles. The summed E-state index contributed by atoms with van der Waals surface area (Å²) in [6, 6.07) is 6.66. The number of rotatable bonds is 2. The number of nitrogens with zero attached hydrogens (tertiary/aromatic N) is 1. The van der Waals surface area contributed by atoms with Gasteiger partial charge in [-0.3, -0.25) is 10.1 Å². The van der Waals surface area contributed by atoms with Crippen LogP contribution in [0.25, 0.3) is 0 Å². The third-order valence-corrected chi connectivity index (χ3v) is 1.77. The van der Waals surface area contributed by atoms with E-state index in [4.69, 9.17) is 5.11 Å². The van der Waals surface area contributed by atoms with E-state index in [1.54, 1.807) is 12.1 Å². The molecule has 0 saturated heterocycles. The molecule has 1 aromatic carbocycles. The van der Waals surface area contributed by atoms with Crippen molar-refractivity contribution in [3.63, 3.8) is 0 Å². The Morgan fingerprint density at radius 2 is 1.50 bits per heavy atom. The third-order valence-electron chi connectivity index (χ3n) is 1.77. The molecule has 0 amide bonds. The molecule has 0 spiro atoms. The minimum atomic E-state index is -0.385. The molecule has 4 heteroatoms. The maximum Gasteiger partial charge on any atom is 0.269 e. The van der Waals surface area contributed by atoms with Crippen LogP contribution in [0.15, 0.2) is 24.3 Å². The SMILES string of the molecule is CC.CC(C)c1ccc([N+](=O)[O-])cc1.CO. The van der Waals surface area contributed by atoms with Crippen LogP contribution in [0.3, 0.4) is 0 Å². The van der Waals surface area contributed by atoms with Gasteiger partial charge in [-0.2, -0.15) is 0 Å². The molecule has 0 radical (unpaired) electrons. The second kappa shape index (κ2) is 10.1. The van der Waals surface area contributed by atoms with Crippen LogP contribution in [0.1, 0.15) is 39.2 Å². The summed E-state index contributed by atoms with van der Waals surface area (Å²) in [7, 11) is 1.00. The van der Waals surface area contributed by atoms with Gasteiger partial charge >= 0.3 is 0 Å². The lowest BCUT2D eigenvalue weighted by atomic mass is 10.0. The molecule has 4 nitrogen and oxygen atoms in total. The van der Waals surface area contributed by atoms with Crippen LogP contribution in [0, 0.1) is 10.1 Å². The number of aliphatic hydroxyl groups is 1. The Labute approximate surface area is 97.1 Å². The van der Waals surface area contributed by atoms with Crippen LogP contribution >= 0.6 is 0 Å². The first kappa shape index (κ1) is 17.0. The van der Waals surface area contributed by atoms with Crippen LogP contribution < -0.4 is 0 Å². The molecule has 1 aromatic rings. The van der Waals surface area contributed by atoms with Crippen molar-refractivity contribution in [3.05, 3.63) is 39.9 Å². The molecule has 1 rings (SSSR count). The lowest BCUT2D eigenvalue weighted by Gasteiger charge is -2.02. The highest BCUT2D eigenvalue weighted by molar-refractivity contribution is 5.33. The Balaban J connectivity index is 0. The third kappa shape index (κ3) is 6.14. The average Bonchev–Trinajstić information content (AvgIpc) is 2.34. The van der Waals surface area contributed by atoms with Crippen LogP contribution in [0.4, 0.5) is 5.69 Å². The summed E-state index contributed by atoms with van der Waals surface area (Å²) in [4.78, 5) is 9.90. The predicted molar refractivity (Wildman–Crippen MR) is 66.7 cm³/mol. The molecule has 0 heterocycles. The number of nitro benzene ring substituents is 1. The zero-order chi connectivity index (χ0) is 13.1. The Bertz CT molecular complexity index is 281. The van der Waals surface area contributed by atoms with Gasteiger partial charge in [0.2, 0.25) is 0 Å². The molecule has 0 bridgehead atoms. The van der Waals surface area contributed by atoms with E-state index >= 15 is 0 Å². The van der Waals surface area contributed by atoms with Gasteiger partial charge in [0.1, 0.15) is 0 Å². The predicted octanol–water partition coefficient (Wildman–Crippen LogP) is 3.35. The number of hydrogen-bond donors (Lipinski definition) is 1. The highest BCUT2D eigenvalue weighted by atomic mass is 16.6. The zero-order valence-corrected chi connectivity index (χ0v) is 10.6. The van der Waals surface area contributed by atoms with Gasteiger partial charge in [0, 0.05) is 19.2 Å². The lowest BCUT2D eigenvalue weighted by molar-refractivity contribution is -0.384. The van der Waals surface area contributed by atoms with Gasteiger partial charge < -0.3 is 5.11 Å². The minimum absolute atomic E-state index is 0.152. The molecule has 0 unspecified atom stereocenters. The van der Waals surface area contributed by atoms with E-state index < -0.39 is 0 Å². The highest BCUT2D eigenvalue weighted by Crippen LogP contribution is 2.17. The standard InChI is InChI=1S/C9H11NO2.C2H6.CH4O/c1-7(2)8-3-5-9(6-4-8)10(11)12;2*1-2/h3-7H,1-2H3;1-2H3;2H,1H3. The summed E-state index contributed by atoms with van der Waals surface area (Å²) in [5.41, 5.74) is 1.28. The fourth-order valence-electron chi connectivity index (χ4n) is 0.981. The van der Waals surface area contributed by atoms with Crippen LogP contribution in [0.5, 0.6) is 0 Å². The largest absolute Gasteiger partial charge is 0.400 e. The monoisotopic (exact) mass is 227 g/mol. The first-order valence-electron chi connectivity index (χ1n) is 5.30. The quantitative estimate of drug-likeness (QED) is 0.622. The second-order valence-electron chi connectivity index (χ2n) is 3.00. The normalized spacial score (nSPS) is 8.44. The Hall–Kier alpha value is -1.42. The number of non-ortho nitro benzene ring substituents is 1. The maximum atomic E-state index is 10.3. The van der Waals surface area contributed by atoms with Crippen LogP contribution in [0.2, 0.25) is 0 Å². The first-order chi connectivity index (χ1) is 7.61. The average molecular weight is 227 g/mol. The van der Waals surface area contributed by atoms with E-state index in [0.717, 1.165) is 12.7 Å².